The largest absolute Gasteiger partial charge is 0.382 e. The summed E-state index contributed by atoms with van der Waals surface area (Å²) in [6.07, 6.45) is 0.979. The van der Waals surface area contributed by atoms with Crippen LogP contribution in [0.1, 0.15) is 50.7 Å². The Morgan fingerprint density at radius 3 is 2.73 bits per heavy atom. The molecule has 0 aliphatic heterocycles. The fraction of sp³-hybridized carbons (Fsp3) is 0.733. The first-order valence-corrected chi connectivity index (χ1v) is 8.59. The Bertz CT molecular complexity index is 423. The molecule has 2 N–H and O–H groups in total. The third-order valence-corrected chi connectivity index (χ3v) is 3.69. The summed E-state index contributed by atoms with van der Waals surface area (Å²) in [5.74, 6) is 1.32. The van der Waals surface area contributed by atoms with Crippen molar-refractivity contribution >= 4 is 41.3 Å². The Hall–Kier alpha value is -0.410. The quantitative estimate of drug-likeness (QED) is 0.268. The summed E-state index contributed by atoms with van der Waals surface area (Å²) in [6.45, 7) is 12.3. The van der Waals surface area contributed by atoms with E-state index in [4.69, 9.17) is 4.74 Å². The van der Waals surface area contributed by atoms with Gasteiger partial charge in [-0.2, -0.15) is 0 Å². The first kappa shape index (κ1) is 21.6. The maximum absolute atomic E-state index is 5.32. The van der Waals surface area contributed by atoms with Crippen molar-refractivity contribution in [2.24, 2.45) is 4.99 Å². The van der Waals surface area contributed by atoms with E-state index < -0.39 is 0 Å². The second-order valence-electron chi connectivity index (χ2n) is 4.99. The molecular weight excluding hydrogens is 411 g/mol. The molecule has 128 valence electrons. The molecule has 5 nitrogen and oxygen atoms in total. The van der Waals surface area contributed by atoms with Crippen LogP contribution in [0.4, 0.5) is 0 Å². The topological polar surface area (TPSA) is 58.5 Å². The van der Waals surface area contributed by atoms with Crippen molar-refractivity contribution in [3.05, 3.63) is 16.1 Å². The van der Waals surface area contributed by atoms with Gasteiger partial charge in [-0.15, -0.1) is 35.3 Å². The molecular formula is C15H29IN4OS. The third kappa shape index (κ3) is 8.89. The van der Waals surface area contributed by atoms with Crippen LogP contribution in [0, 0.1) is 0 Å². The molecule has 0 saturated carbocycles. The molecule has 0 radical (unpaired) electrons. The van der Waals surface area contributed by atoms with E-state index in [0.29, 0.717) is 12.5 Å². The van der Waals surface area contributed by atoms with Crippen LogP contribution in [-0.2, 0) is 11.3 Å². The average Bonchev–Trinajstić information content (AvgIpc) is 2.93. The second-order valence-corrected chi connectivity index (χ2v) is 5.94. The van der Waals surface area contributed by atoms with Crippen LogP contribution in [0.25, 0.3) is 0 Å². The number of hydrogen-bond acceptors (Lipinski definition) is 4. The van der Waals surface area contributed by atoms with Crippen LogP contribution < -0.4 is 10.6 Å². The summed E-state index contributed by atoms with van der Waals surface area (Å²) < 4.78 is 5.32. The van der Waals surface area contributed by atoms with Crippen molar-refractivity contribution in [2.75, 3.05) is 26.3 Å². The van der Waals surface area contributed by atoms with E-state index in [1.54, 1.807) is 11.3 Å². The molecule has 0 bridgehead atoms. The highest BCUT2D eigenvalue weighted by atomic mass is 127. The summed E-state index contributed by atoms with van der Waals surface area (Å²) in [7, 11) is 0. The first-order valence-electron chi connectivity index (χ1n) is 7.71. The van der Waals surface area contributed by atoms with E-state index in [1.165, 1.54) is 0 Å². The van der Waals surface area contributed by atoms with E-state index in [1.807, 2.05) is 6.92 Å². The van der Waals surface area contributed by atoms with Crippen molar-refractivity contribution in [3.8, 4) is 0 Å². The number of guanidine groups is 1. The molecule has 7 heteroatoms. The number of aliphatic imine (C=N–C) groups is 1. The normalized spacial score (nSPS) is 11.4. The zero-order valence-electron chi connectivity index (χ0n) is 14.0. The van der Waals surface area contributed by atoms with Gasteiger partial charge in [0.25, 0.3) is 0 Å². The van der Waals surface area contributed by atoms with Crippen LogP contribution in [-0.4, -0.2) is 37.2 Å². The molecule has 1 aromatic rings. The number of hydrogen-bond donors (Lipinski definition) is 2. The predicted molar refractivity (Wildman–Crippen MR) is 106 cm³/mol. The van der Waals surface area contributed by atoms with Gasteiger partial charge in [0.05, 0.1) is 12.2 Å². The lowest BCUT2D eigenvalue weighted by Gasteiger charge is -2.10. The molecule has 0 unspecified atom stereocenters. The molecule has 0 amide bonds. The minimum atomic E-state index is 0. The molecule has 0 aliphatic carbocycles. The molecule has 0 aliphatic rings. The van der Waals surface area contributed by atoms with Crippen LogP contribution >= 0.6 is 35.3 Å². The van der Waals surface area contributed by atoms with E-state index in [-0.39, 0.29) is 24.0 Å². The summed E-state index contributed by atoms with van der Waals surface area (Å²) in [5.41, 5.74) is 1.15. The zero-order valence-corrected chi connectivity index (χ0v) is 17.2. The lowest BCUT2D eigenvalue weighted by molar-refractivity contribution is 0.145. The van der Waals surface area contributed by atoms with Gasteiger partial charge in [-0.3, -0.25) is 0 Å². The molecule has 1 heterocycles. The van der Waals surface area contributed by atoms with Gasteiger partial charge in [0.2, 0.25) is 0 Å². The molecule has 1 rings (SSSR count). The molecule has 22 heavy (non-hydrogen) atoms. The number of thiazole rings is 1. The van der Waals surface area contributed by atoms with Crippen LogP contribution in [0.3, 0.4) is 0 Å². The van der Waals surface area contributed by atoms with Gasteiger partial charge >= 0.3 is 0 Å². The SMILES string of the molecule is CCNC(=NCc1nc(C(C)C)cs1)NCCCOCC.I. The molecule has 1 aromatic heterocycles. The number of halogens is 1. The highest BCUT2D eigenvalue weighted by Crippen LogP contribution is 2.18. The van der Waals surface area contributed by atoms with Crippen molar-refractivity contribution in [1.82, 2.24) is 15.6 Å². The monoisotopic (exact) mass is 440 g/mol. The Kier molecular flexibility index (Phi) is 12.8. The zero-order chi connectivity index (χ0) is 15.5. The minimum absolute atomic E-state index is 0. The van der Waals surface area contributed by atoms with Gasteiger partial charge in [-0.05, 0) is 26.2 Å². The number of nitrogens with one attached hydrogen (secondary N) is 2. The maximum Gasteiger partial charge on any atom is 0.191 e. The highest BCUT2D eigenvalue weighted by Gasteiger charge is 2.05. The van der Waals surface area contributed by atoms with Crippen LogP contribution in [0.15, 0.2) is 10.4 Å². The van der Waals surface area contributed by atoms with Gasteiger partial charge in [-0.25, -0.2) is 9.98 Å². The van der Waals surface area contributed by atoms with Crippen molar-refractivity contribution in [1.29, 1.82) is 0 Å². The third-order valence-electron chi connectivity index (χ3n) is 2.84. The summed E-state index contributed by atoms with van der Waals surface area (Å²) in [4.78, 5) is 9.17. The lowest BCUT2D eigenvalue weighted by Crippen LogP contribution is -2.38. The fourth-order valence-corrected chi connectivity index (χ4v) is 2.56. The second kappa shape index (κ2) is 13.1. The van der Waals surface area contributed by atoms with Crippen LogP contribution in [0.5, 0.6) is 0 Å². The molecule has 0 fully saturated rings. The first-order chi connectivity index (χ1) is 10.2. The van der Waals surface area contributed by atoms with Gasteiger partial charge in [0.1, 0.15) is 5.01 Å². The van der Waals surface area contributed by atoms with E-state index in [9.17, 15) is 0 Å². The van der Waals surface area contributed by atoms with Gasteiger partial charge in [-0.1, -0.05) is 13.8 Å². The Morgan fingerprint density at radius 2 is 2.14 bits per heavy atom. The van der Waals surface area contributed by atoms with Crippen molar-refractivity contribution < 1.29 is 4.74 Å². The number of nitrogens with zero attached hydrogens (tertiary/aromatic N) is 2. The van der Waals surface area contributed by atoms with Crippen LogP contribution in [0.2, 0.25) is 0 Å². The Morgan fingerprint density at radius 1 is 1.36 bits per heavy atom. The minimum Gasteiger partial charge on any atom is -0.382 e. The number of aromatic nitrogens is 1. The van der Waals surface area contributed by atoms with Crippen molar-refractivity contribution in [2.45, 2.75) is 46.6 Å². The standard InChI is InChI=1S/C15H28N4OS.HI/c1-5-16-15(17-8-7-9-20-6-2)18-10-14-19-13(11-21-14)12(3)4;/h11-12H,5-10H2,1-4H3,(H2,16,17,18);1H. The van der Waals surface area contributed by atoms with E-state index in [0.717, 1.165) is 49.4 Å². The van der Waals surface area contributed by atoms with Gasteiger partial charge in [0.15, 0.2) is 5.96 Å². The van der Waals surface area contributed by atoms with Gasteiger partial charge < -0.3 is 15.4 Å². The summed E-state index contributed by atoms with van der Waals surface area (Å²) >= 11 is 1.68. The van der Waals surface area contributed by atoms with Gasteiger partial charge in [0, 0.05) is 31.7 Å². The number of rotatable bonds is 9. The van der Waals surface area contributed by atoms with E-state index >= 15 is 0 Å². The Balaban J connectivity index is 0.00000441. The summed E-state index contributed by atoms with van der Waals surface area (Å²) in [6, 6.07) is 0. The molecule has 0 saturated heterocycles. The molecule has 0 atom stereocenters. The van der Waals surface area contributed by atoms with E-state index in [2.05, 4.69) is 46.8 Å². The Labute approximate surface area is 155 Å². The fourth-order valence-electron chi connectivity index (χ4n) is 1.68. The number of ether oxygens (including phenoxy) is 1. The average molecular weight is 440 g/mol. The predicted octanol–water partition coefficient (Wildman–Crippen LogP) is 3.37. The highest BCUT2D eigenvalue weighted by molar-refractivity contribution is 14.0. The molecule has 0 aromatic carbocycles. The molecule has 0 spiro atoms. The summed E-state index contributed by atoms with van der Waals surface area (Å²) in [5, 5.41) is 9.75. The smallest absolute Gasteiger partial charge is 0.191 e. The maximum atomic E-state index is 5.32. The van der Waals surface area contributed by atoms with Crippen molar-refractivity contribution in [3.63, 3.8) is 0 Å². The lowest BCUT2D eigenvalue weighted by atomic mass is 10.2.